The maximum Gasteiger partial charge on any atom is 0.335 e. The van der Waals surface area contributed by atoms with Crippen LogP contribution in [0, 0.1) is 5.41 Å². The highest BCUT2D eigenvalue weighted by atomic mass is 16.4. The van der Waals surface area contributed by atoms with Gasteiger partial charge in [0.15, 0.2) is 0 Å². The molecule has 2 aromatic rings. The predicted molar refractivity (Wildman–Crippen MR) is 76.3 cm³/mol. The van der Waals surface area contributed by atoms with Gasteiger partial charge in [0.25, 0.3) is 0 Å². The molecule has 0 atom stereocenters. The quantitative estimate of drug-likeness (QED) is 0.806. The monoisotopic (exact) mass is 258 g/mol. The van der Waals surface area contributed by atoms with E-state index in [4.69, 9.17) is 5.41 Å². The van der Waals surface area contributed by atoms with Gasteiger partial charge in [-0.05, 0) is 31.5 Å². The highest BCUT2D eigenvalue weighted by Crippen LogP contribution is 2.24. The summed E-state index contributed by atoms with van der Waals surface area (Å²) in [5, 5.41) is 17.9. The fraction of sp³-hybridized carbons (Fsp3) is 0.333. The summed E-state index contributed by atoms with van der Waals surface area (Å²) in [7, 11) is 0. The highest BCUT2D eigenvalue weighted by Gasteiger charge is 2.13. The second-order valence-corrected chi connectivity index (χ2v) is 4.75. The van der Waals surface area contributed by atoms with Gasteiger partial charge in [-0.25, -0.2) is 4.79 Å². The summed E-state index contributed by atoms with van der Waals surface area (Å²) in [6, 6.07) is 5.24. The third-order valence-corrected chi connectivity index (χ3v) is 3.29. The van der Waals surface area contributed by atoms with Crippen molar-refractivity contribution in [3.05, 3.63) is 35.5 Å². The van der Waals surface area contributed by atoms with Crippen LogP contribution in [0.15, 0.2) is 24.4 Å². The molecule has 0 saturated carbocycles. The first-order chi connectivity index (χ1) is 9.04. The van der Waals surface area contributed by atoms with Crippen LogP contribution in [0.5, 0.6) is 0 Å². The molecule has 1 aromatic heterocycles. The van der Waals surface area contributed by atoms with Gasteiger partial charge < -0.3 is 15.1 Å². The number of carboxylic acid groups (broad SMARTS) is 1. The number of fused-ring (bicyclic) bond motifs is 1. The Kier molecular flexibility index (Phi) is 3.69. The van der Waals surface area contributed by atoms with Gasteiger partial charge in [-0.3, -0.25) is 0 Å². The maximum absolute atomic E-state index is 11.2. The number of hydrogen-bond donors (Lipinski definition) is 2. The van der Waals surface area contributed by atoms with Gasteiger partial charge in [0.2, 0.25) is 0 Å². The van der Waals surface area contributed by atoms with E-state index in [9.17, 15) is 9.90 Å². The molecule has 100 valence electrons. The Morgan fingerprint density at radius 1 is 1.42 bits per heavy atom. The lowest BCUT2D eigenvalue weighted by molar-refractivity contribution is 0.0697. The van der Waals surface area contributed by atoms with Crippen LogP contribution in [-0.4, -0.2) is 21.4 Å². The molecule has 0 fully saturated rings. The molecule has 0 aliphatic rings. The largest absolute Gasteiger partial charge is 0.478 e. The van der Waals surface area contributed by atoms with Crippen molar-refractivity contribution in [3.8, 4) is 0 Å². The second-order valence-electron chi connectivity index (χ2n) is 4.75. The number of carboxylic acids is 1. The molecule has 1 aromatic carbocycles. The molecule has 0 saturated heterocycles. The van der Waals surface area contributed by atoms with E-state index in [0.29, 0.717) is 11.3 Å². The molecule has 1 heterocycles. The maximum atomic E-state index is 11.2. The summed E-state index contributed by atoms with van der Waals surface area (Å²) < 4.78 is 2.07. The fourth-order valence-corrected chi connectivity index (χ4v) is 2.25. The summed E-state index contributed by atoms with van der Waals surface area (Å²) in [6.07, 6.45) is 4.12. The van der Waals surface area contributed by atoms with Gasteiger partial charge in [0.1, 0.15) is 0 Å². The number of rotatable bonds is 5. The van der Waals surface area contributed by atoms with Crippen LogP contribution in [-0.2, 0) is 6.54 Å². The molecule has 0 spiro atoms. The van der Waals surface area contributed by atoms with Gasteiger partial charge in [-0.1, -0.05) is 13.3 Å². The number of benzene rings is 1. The van der Waals surface area contributed by atoms with Crippen LogP contribution in [0.3, 0.4) is 0 Å². The molecular weight excluding hydrogens is 240 g/mol. The Hall–Kier alpha value is -2.10. The fourth-order valence-electron chi connectivity index (χ4n) is 2.25. The van der Waals surface area contributed by atoms with Crippen LogP contribution < -0.4 is 0 Å². The minimum Gasteiger partial charge on any atom is -0.478 e. The van der Waals surface area contributed by atoms with Crippen LogP contribution in [0.1, 0.15) is 42.6 Å². The van der Waals surface area contributed by atoms with Crippen molar-refractivity contribution in [1.29, 1.82) is 5.41 Å². The van der Waals surface area contributed by atoms with Gasteiger partial charge in [0.05, 0.1) is 5.56 Å². The SMILES string of the molecule is CCCCn1ccc2c(C(C)=N)cc(C(=O)O)cc21. The van der Waals surface area contributed by atoms with E-state index in [1.807, 2.05) is 12.3 Å². The molecular formula is C15H18N2O2. The first-order valence-corrected chi connectivity index (χ1v) is 6.46. The molecule has 2 N–H and O–H groups in total. The molecule has 0 radical (unpaired) electrons. The van der Waals surface area contributed by atoms with E-state index in [2.05, 4.69) is 11.5 Å². The molecule has 0 unspecified atom stereocenters. The van der Waals surface area contributed by atoms with Crippen molar-refractivity contribution in [3.63, 3.8) is 0 Å². The number of aromatic nitrogens is 1. The number of aromatic carboxylic acids is 1. The molecule has 4 heteroatoms. The van der Waals surface area contributed by atoms with E-state index in [-0.39, 0.29) is 5.56 Å². The molecule has 0 bridgehead atoms. The summed E-state index contributed by atoms with van der Waals surface area (Å²) in [6.45, 7) is 4.69. The number of carbonyl (C=O) groups is 1. The average Bonchev–Trinajstić information content (AvgIpc) is 2.77. The Bertz CT molecular complexity index is 641. The summed E-state index contributed by atoms with van der Waals surface area (Å²) in [5.41, 5.74) is 2.23. The molecule has 0 amide bonds. The van der Waals surface area contributed by atoms with E-state index < -0.39 is 5.97 Å². The van der Waals surface area contributed by atoms with Gasteiger partial charge in [-0.15, -0.1) is 0 Å². The van der Waals surface area contributed by atoms with E-state index in [1.165, 1.54) is 0 Å². The van der Waals surface area contributed by atoms with Crippen molar-refractivity contribution < 1.29 is 9.90 Å². The summed E-state index contributed by atoms with van der Waals surface area (Å²) in [4.78, 5) is 11.2. The Morgan fingerprint density at radius 3 is 2.74 bits per heavy atom. The van der Waals surface area contributed by atoms with Crippen molar-refractivity contribution in [2.45, 2.75) is 33.2 Å². The average molecular weight is 258 g/mol. The van der Waals surface area contributed by atoms with Crippen molar-refractivity contribution in [2.24, 2.45) is 0 Å². The number of unbranched alkanes of at least 4 members (excludes halogenated alkanes) is 1. The summed E-state index contributed by atoms with van der Waals surface area (Å²) >= 11 is 0. The topological polar surface area (TPSA) is 66.1 Å². The van der Waals surface area contributed by atoms with E-state index in [1.54, 1.807) is 19.1 Å². The van der Waals surface area contributed by atoms with Crippen molar-refractivity contribution in [1.82, 2.24) is 4.57 Å². The minimum absolute atomic E-state index is 0.241. The van der Waals surface area contributed by atoms with Crippen molar-refractivity contribution in [2.75, 3.05) is 0 Å². The summed E-state index contributed by atoms with van der Waals surface area (Å²) in [5.74, 6) is -0.951. The van der Waals surface area contributed by atoms with E-state index in [0.717, 1.165) is 30.3 Å². The normalized spacial score (nSPS) is 10.8. The minimum atomic E-state index is -0.951. The smallest absolute Gasteiger partial charge is 0.335 e. The predicted octanol–water partition coefficient (Wildman–Crippen LogP) is 3.53. The number of hydrogen-bond acceptors (Lipinski definition) is 2. The van der Waals surface area contributed by atoms with E-state index >= 15 is 0 Å². The third-order valence-electron chi connectivity index (χ3n) is 3.29. The van der Waals surface area contributed by atoms with Crippen LogP contribution in [0.25, 0.3) is 10.9 Å². The zero-order valence-electron chi connectivity index (χ0n) is 11.2. The Balaban J connectivity index is 2.64. The van der Waals surface area contributed by atoms with Crippen LogP contribution >= 0.6 is 0 Å². The van der Waals surface area contributed by atoms with Gasteiger partial charge in [-0.2, -0.15) is 0 Å². The first-order valence-electron chi connectivity index (χ1n) is 6.46. The zero-order chi connectivity index (χ0) is 14.0. The highest BCUT2D eigenvalue weighted by molar-refractivity contribution is 6.10. The second kappa shape index (κ2) is 5.26. The van der Waals surface area contributed by atoms with Gasteiger partial charge in [0, 0.05) is 34.9 Å². The number of nitrogens with one attached hydrogen (secondary N) is 1. The molecule has 0 aliphatic heterocycles. The molecule has 0 aliphatic carbocycles. The Morgan fingerprint density at radius 2 is 2.16 bits per heavy atom. The standard InChI is InChI=1S/C15H18N2O2/c1-3-4-6-17-7-5-12-13(10(2)16)8-11(15(18)19)9-14(12)17/h5,7-9,16H,3-4,6H2,1-2H3,(H,18,19). The number of nitrogens with zero attached hydrogens (tertiary/aromatic N) is 1. The first kappa shape index (κ1) is 13.3. The van der Waals surface area contributed by atoms with Gasteiger partial charge >= 0.3 is 5.97 Å². The zero-order valence-corrected chi connectivity index (χ0v) is 11.2. The lowest BCUT2D eigenvalue weighted by atomic mass is 10.0. The molecule has 2 rings (SSSR count). The third kappa shape index (κ3) is 2.52. The molecule has 4 nitrogen and oxygen atoms in total. The van der Waals surface area contributed by atoms with Crippen molar-refractivity contribution >= 4 is 22.6 Å². The number of aryl methyl sites for hydroxylation is 1. The Labute approximate surface area is 112 Å². The lowest BCUT2D eigenvalue weighted by Gasteiger charge is -2.08. The van der Waals surface area contributed by atoms with Crippen LogP contribution in [0.2, 0.25) is 0 Å². The molecule has 19 heavy (non-hydrogen) atoms. The van der Waals surface area contributed by atoms with Crippen LogP contribution in [0.4, 0.5) is 0 Å². The lowest BCUT2D eigenvalue weighted by Crippen LogP contribution is -2.03.